The van der Waals surface area contributed by atoms with E-state index >= 15 is 0 Å². The Labute approximate surface area is 208 Å². The number of fused-ring (bicyclic) bond motifs is 6. The maximum Gasteiger partial charge on any atom is 0.346 e. The molecule has 2 aromatic carbocycles. The van der Waals surface area contributed by atoms with Gasteiger partial charge in [0.25, 0.3) is 0 Å². The molecule has 3 aliphatic rings. The Bertz CT molecular complexity index is 1620. The quantitative estimate of drug-likeness (QED) is 0.160. The third kappa shape index (κ3) is 3.75. The fourth-order valence-electron chi connectivity index (χ4n) is 4.55. The largest absolute Gasteiger partial charge is 0.399 e. The van der Waals surface area contributed by atoms with Crippen molar-refractivity contribution in [2.24, 2.45) is 23.7 Å². The van der Waals surface area contributed by atoms with E-state index in [9.17, 15) is 38.4 Å². The highest BCUT2D eigenvalue weighted by atomic mass is 16.6. The summed E-state index contributed by atoms with van der Waals surface area (Å²) < 4.78 is 17.4. The van der Waals surface area contributed by atoms with Gasteiger partial charge in [-0.3, -0.25) is 19.2 Å². The van der Waals surface area contributed by atoms with Crippen LogP contribution in [0.5, 0.6) is 0 Å². The third-order valence-corrected chi connectivity index (χ3v) is 6.38. The van der Waals surface area contributed by atoms with Crippen LogP contribution in [0.4, 0.5) is 11.4 Å². The molecular weight excluding hydrogens is 508 g/mol. The molecule has 192 valence electrons. The van der Waals surface area contributed by atoms with E-state index < -0.39 is 70.1 Å². The van der Waals surface area contributed by atoms with Crippen molar-refractivity contribution in [3.05, 3.63) is 78.1 Å². The van der Waals surface area contributed by atoms with Gasteiger partial charge < -0.3 is 29.8 Å². The van der Waals surface area contributed by atoms with Crippen molar-refractivity contribution in [2.75, 3.05) is 11.5 Å². The number of anilines is 2. The number of esters is 4. The molecule has 4 heterocycles. The summed E-state index contributed by atoms with van der Waals surface area (Å²) in [5, 5.41) is -0.0726. The lowest BCUT2D eigenvalue weighted by Gasteiger charge is -2.33. The minimum absolute atomic E-state index is 0.0181. The molecule has 2 aromatic heterocycles. The van der Waals surface area contributed by atoms with Crippen LogP contribution in [0.1, 0.15) is 0 Å². The summed E-state index contributed by atoms with van der Waals surface area (Å²) in [5.41, 5.74) is 8.94. The summed E-state index contributed by atoms with van der Waals surface area (Å²) in [5.74, 6) is -6.00. The van der Waals surface area contributed by atoms with Gasteiger partial charge in [0.1, 0.15) is 0 Å². The van der Waals surface area contributed by atoms with Crippen molar-refractivity contribution in [2.45, 2.75) is 0 Å². The highest BCUT2D eigenvalue weighted by Gasteiger charge is 2.72. The normalized spacial score (nSPS) is 22.9. The van der Waals surface area contributed by atoms with Gasteiger partial charge in [-0.2, -0.15) is 0 Å². The smallest absolute Gasteiger partial charge is 0.346 e. The van der Waals surface area contributed by atoms with Crippen LogP contribution in [0, 0.1) is 23.7 Å². The first-order valence-corrected chi connectivity index (χ1v) is 10.8. The minimum atomic E-state index is -0.824. The van der Waals surface area contributed by atoms with E-state index in [1.165, 1.54) is 0 Å². The Morgan fingerprint density at radius 2 is 0.684 bits per heavy atom. The van der Waals surface area contributed by atoms with Gasteiger partial charge in [0.05, 0.1) is 45.2 Å². The van der Waals surface area contributed by atoms with Gasteiger partial charge in [-0.25, -0.2) is 19.2 Å². The zero-order valence-corrected chi connectivity index (χ0v) is 18.8. The Balaban J connectivity index is 0.000000123. The zero-order valence-electron chi connectivity index (χ0n) is 18.8. The fraction of sp³-hybridized carbons (Fsp3) is 0.167. The number of rotatable bonds is 0. The predicted octanol–water partition coefficient (Wildman–Crippen LogP) is -1.02. The standard InChI is InChI=1S/C10H2O6.C8H4O6.C6H8N2/c11-7-3-1-4-6(10(14)16-8(4)12)2-5(3)9(13)15-7;9-5-1-2(6(10)13-5)4-3(1)7(11)14-8(4)12;7-5-1-2-6(8)4-3-5/h1-2H;1-4H;1-4H,7-8H2. The molecule has 2 saturated heterocycles. The molecule has 3 fully saturated rings. The molecule has 0 radical (unpaired) electrons. The van der Waals surface area contributed by atoms with Crippen molar-refractivity contribution >= 4 is 56.8 Å². The monoisotopic (exact) mass is 522 g/mol. The van der Waals surface area contributed by atoms with Crippen LogP contribution in [0.25, 0.3) is 21.5 Å². The zero-order chi connectivity index (χ0) is 27.5. The maximum atomic E-state index is 11.2. The second kappa shape index (κ2) is 8.62. The van der Waals surface area contributed by atoms with Gasteiger partial charge in [-0.05, 0) is 36.4 Å². The lowest BCUT2D eigenvalue weighted by atomic mass is 9.59. The van der Waals surface area contributed by atoms with E-state index in [0.717, 1.165) is 23.5 Å². The number of hydrogen-bond acceptors (Lipinski definition) is 14. The lowest BCUT2D eigenvalue weighted by Crippen LogP contribution is -2.50. The molecule has 0 atom stereocenters. The SMILES string of the molecule is Nc1ccc(N)cc1.O=C1OC(=O)C2C1C1C(=O)OC(=O)C21.O=c1oc(=O)c2cc3c(=O)oc(=O)c3cc12. The van der Waals surface area contributed by atoms with E-state index in [1.54, 1.807) is 24.3 Å². The highest BCUT2D eigenvalue weighted by molar-refractivity contribution is 6.10. The van der Waals surface area contributed by atoms with E-state index in [1.807, 2.05) is 0 Å². The molecule has 1 aliphatic carbocycles. The topological polar surface area (TPSA) is 233 Å². The maximum absolute atomic E-state index is 11.2. The molecular formula is C24H14N2O12. The van der Waals surface area contributed by atoms with Crippen molar-refractivity contribution in [3.8, 4) is 0 Å². The number of cyclic esters (lactones) is 4. The highest BCUT2D eigenvalue weighted by Crippen LogP contribution is 2.54. The molecule has 1 saturated carbocycles. The Morgan fingerprint density at radius 1 is 0.447 bits per heavy atom. The van der Waals surface area contributed by atoms with Gasteiger partial charge in [0.2, 0.25) is 0 Å². The number of carbonyl (C=O) groups excluding carboxylic acids is 4. The average Bonchev–Trinajstić information content (AvgIpc) is 3.44. The summed E-state index contributed by atoms with van der Waals surface area (Å²) in [6.45, 7) is 0. The second-order valence-corrected chi connectivity index (χ2v) is 8.55. The summed E-state index contributed by atoms with van der Waals surface area (Å²) in [7, 11) is 0. The molecule has 38 heavy (non-hydrogen) atoms. The minimum Gasteiger partial charge on any atom is -0.399 e. The summed E-state index contributed by atoms with van der Waals surface area (Å²) in [6, 6.07) is 9.38. The van der Waals surface area contributed by atoms with Crippen LogP contribution in [0.3, 0.4) is 0 Å². The number of furan rings is 2. The van der Waals surface area contributed by atoms with Crippen molar-refractivity contribution in [3.63, 3.8) is 0 Å². The number of ether oxygens (including phenoxy) is 2. The van der Waals surface area contributed by atoms with Crippen molar-refractivity contribution in [1.29, 1.82) is 0 Å². The van der Waals surface area contributed by atoms with Gasteiger partial charge in [0.15, 0.2) is 0 Å². The van der Waals surface area contributed by atoms with Gasteiger partial charge >= 0.3 is 46.4 Å². The summed E-state index contributed by atoms with van der Waals surface area (Å²) in [6.07, 6.45) is 0. The fourth-order valence-corrected chi connectivity index (χ4v) is 4.55. The predicted molar refractivity (Wildman–Crippen MR) is 125 cm³/mol. The third-order valence-electron chi connectivity index (χ3n) is 6.38. The molecule has 0 bridgehead atoms. The first-order chi connectivity index (χ1) is 18.0. The summed E-state index contributed by atoms with van der Waals surface area (Å²) in [4.78, 5) is 89.1. The van der Waals surface area contributed by atoms with Gasteiger partial charge in [-0.1, -0.05) is 0 Å². The van der Waals surface area contributed by atoms with Crippen LogP contribution in [-0.2, 0) is 28.7 Å². The average molecular weight is 522 g/mol. The lowest BCUT2D eigenvalue weighted by molar-refractivity contribution is -0.158. The van der Waals surface area contributed by atoms with Crippen LogP contribution < -0.4 is 34.0 Å². The summed E-state index contributed by atoms with van der Waals surface area (Å²) >= 11 is 0. The Hall–Kier alpha value is -5.40. The van der Waals surface area contributed by atoms with Crippen molar-refractivity contribution in [1.82, 2.24) is 0 Å². The molecule has 0 amide bonds. The van der Waals surface area contributed by atoms with Gasteiger partial charge in [-0.15, -0.1) is 0 Å². The van der Waals surface area contributed by atoms with E-state index in [0.29, 0.717) is 0 Å². The van der Waals surface area contributed by atoms with Crippen LogP contribution in [0.15, 0.2) is 64.4 Å². The van der Waals surface area contributed by atoms with E-state index in [-0.39, 0.29) is 21.5 Å². The van der Waals surface area contributed by atoms with Crippen molar-refractivity contribution < 1.29 is 37.5 Å². The molecule has 7 rings (SSSR count). The van der Waals surface area contributed by atoms with Crippen LogP contribution in [-0.4, -0.2) is 23.9 Å². The van der Waals surface area contributed by atoms with Crippen LogP contribution in [0.2, 0.25) is 0 Å². The molecule has 0 unspecified atom stereocenters. The molecule has 2 aliphatic heterocycles. The molecule has 14 heteroatoms. The molecule has 4 N–H and O–H groups in total. The molecule has 4 aromatic rings. The molecule has 0 spiro atoms. The number of benzene rings is 2. The van der Waals surface area contributed by atoms with Gasteiger partial charge in [0, 0.05) is 11.4 Å². The Kier molecular flexibility index (Phi) is 5.51. The number of nitrogen functional groups attached to an aromatic ring is 2. The first-order valence-electron chi connectivity index (χ1n) is 10.8. The van der Waals surface area contributed by atoms with Crippen LogP contribution >= 0.6 is 0 Å². The number of carbonyl (C=O) groups is 4. The second-order valence-electron chi connectivity index (χ2n) is 8.55. The number of nitrogens with two attached hydrogens (primary N) is 2. The van der Waals surface area contributed by atoms with E-state index in [4.69, 9.17) is 11.5 Å². The molecule has 14 nitrogen and oxygen atoms in total. The Morgan fingerprint density at radius 3 is 0.921 bits per heavy atom. The number of hydrogen-bond donors (Lipinski definition) is 2. The first kappa shape index (κ1) is 24.3. The van der Waals surface area contributed by atoms with E-state index in [2.05, 4.69) is 18.3 Å².